The number of carboxylic acid groups (broad SMARTS) is 1. The van der Waals surface area contributed by atoms with Gasteiger partial charge in [-0.1, -0.05) is 32.4 Å². The van der Waals surface area contributed by atoms with Crippen LogP contribution in [-0.4, -0.2) is 36.8 Å². The maximum absolute atomic E-state index is 11.8. The molecule has 122 valence electrons. The highest BCUT2D eigenvalue weighted by Gasteiger charge is 2.24. The second-order valence-corrected chi connectivity index (χ2v) is 5.20. The Hall–Kier alpha value is -2.24. The standard InChI is InChI=1S/C16H24N2O4/c1-4-11(2)14(15(19)20)18-16(21)17-10-9-12-5-7-13(22-3)8-6-12/h5-8,11,14H,4,9-10H2,1-3H3,(H,19,20)(H2,17,18,21)/t11?,14-/m0/s1. The minimum Gasteiger partial charge on any atom is -0.497 e. The molecule has 0 aliphatic rings. The molecule has 22 heavy (non-hydrogen) atoms. The molecule has 0 heterocycles. The number of carbonyl (C=O) groups excluding carboxylic acids is 1. The summed E-state index contributed by atoms with van der Waals surface area (Å²) in [7, 11) is 1.61. The van der Waals surface area contributed by atoms with Crippen molar-refractivity contribution in [1.29, 1.82) is 0 Å². The van der Waals surface area contributed by atoms with Crippen LogP contribution < -0.4 is 15.4 Å². The molecule has 6 heteroatoms. The lowest BCUT2D eigenvalue weighted by molar-refractivity contribution is -0.140. The molecule has 6 nitrogen and oxygen atoms in total. The van der Waals surface area contributed by atoms with Crippen molar-refractivity contribution in [3.8, 4) is 5.75 Å². The molecule has 2 amide bonds. The monoisotopic (exact) mass is 308 g/mol. The second kappa shape index (κ2) is 8.92. The first-order chi connectivity index (χ1) is 10.5. The van der Waals surface area contributed by atoms with E-state index < -0.39 is 18.0 Å². The number of hydrogen-bond donors (Lipinski definition) is 3. The second-order valence-electron chi connectivity index (χ2n) is 5.20. The predicted molar refractivity (Wildman–Crippen MR) is 84.1 cm³/mol. The highest BCUT2D eigenvalue weighted by atomic mass is 16.5. The summed E-state index contributed by atoms with van der Waals surface area (Å²) in [5.74, 6) is -0.350. The van der Waals surface area contributed by atoms with Crippen LogP contribution in [0.15, 0.2) is 24.3 Å². The molecule has 2 atom stereocenters. The van der Waals surface area contributed by atoms with Gasteiger partial charge >= 0.3 is 12.0 Å². The van der Waals surface area contributed by atoms with Gasteiger partial charge in [0.15, 0.2) is 0 Å². The summed E-state index contributed by atoms with van der Waals surface area (Å²) in [5.41, 5.74) is 1.07. The highest BCUT2D eigenvalue weighted by molar-refractivity contribution is 5.82. The van der Waals surface area contributed by atoms with E-state index in [1.165, 1.54) is 0 Å². The van der Waals surface area contributed by atoms with Crippen LogP contribution in [0.25, 0.3) is 0 Å². The molecule has 0 aromatic heterocycles. The van der Waals surface area contributed by atoms with Gasteiger partial charge in [0, 0.05) is 6.54 Å². The van der Waals surface area contributed by atoms with Crippen LogP contribution in [0.5, 0.6) is 5.75 Å². The zero-order chi connectivity index (χ0) is 16.5. The van der Waals surface area contributed by atoms with Crippen molar-refractivity contribution >= 4 is 12.0 Å². The van der Waals surface area contributed by atoms with Crippen molar-refractivity contribution in [3.63, 3.8) is 0 Å². The zero-order valence-corrected chi connectivity index (χ0v) is 13.3. The lowest BCUT2D eigenvalue weighted by Crippen LogP contribution is -2.49. The van der Waals surface area contributed by atoms with E-state index in [1.54, 1.807) is 14.0 Å². The average molecular weight is 308 g/mol. The van der Waals surface area contributed by atoms with Gasteiger partial charge in [0.25, 0.3) is 0 Å². The molecule has 1 aromatic rings. The molecular weight excluding hydrogens is 284 g/mol. The third kappa shape index (κ3) is 5.63. The smallest absolute Gasteiger partial charge is 0.326 e. The summed E-state index contributed by atoms with van der Waals surface area (Å²) in [6.45, 7) is 4.13. The number of aliphatic carboxylic acids is 1. The normalized spacial score (nSPS) is 13.0. The van der Waals surface area contributed by atoms with Crippen molar-refractivity contribution in [2.24, 2.45) is 5.92 Å². The minimum atomic E-state index is -1.01. The summed E-state index contributed by atoms with van der Waals surface area (Å²) in [4.78, 5) is 22.9. The number of ether oxygens (including phenoxy) is 1. The van der Waals surface area contributed by atoms with E-state index in [1.807, 2.05) is 31.2 Å². The molecule has 1 rings (SSSR count). The van der Waals surface area contributed by atoms with E-state index in [2.05, 4.69) is 10.6 Å². The van der Waals surface area contributed by atoms with Gasteiger partial charge < -0.3 is 20.5 Å². The maximum Gasteiger partial charge on any atom is 0.326 e. The lowest BCUT2D eigenvalue weighted by Gasteiger charge is -2.20. The first-order valence-corrected chi connectivity index (χ1v) is 7.38. The first kappa shape index (κ1) is 17.8. The third-order valence-corrected chi connectivity index (χ3v) is 3.62. The topological polar surface area (TPSA) is 87.7 Å². The van der Waals surface area contributed by atoms with Gasteiger partial charge in [-0.15, -0.1) is 0 Å². The van der Waals surface area contributed by atoms with Crippen LogP contribution in [0.1, 0.15) is 25.8 Å². The molecule has 0 radical (unpaired) electrons. The summed E-state index contributed by atoms with van der Waals surface area (Å²) < 4.78 is 5.08. The number of nitrogens with one attached hydrogen (secondary N) is 2. The molecule has 0 aliphatic carbocycles. The van der Waals surface area contributed by atoms with Crippen LogP contribution in [0.2, 0.25) is 0 Å². The van der Waals surface area contributed by atoms with Crippen molar-refractivity contribution in [3.05, 3.63) is 29.8 Å². The van der Waals surface area contributed by atoms with E-state index in [9.17, 15) is 9.59 Å². The first-order valence-electron chi connectivity index (χ1n) is 7.38. The fourth-order valence-electron chi connectivity index (χ4n) is 1.99. The summed E-state index contributed by atoms with van der Waals surface area (Å²) in [6, 6.07) is 6.25. The largest absolute Gasteiger partial charge is 0.497 e. The number of benzene rings is 1. The quantitative estimate of drug-likeness (QED) is 0.686. The Morgan fingerprint density at radius 2 is 1.91 bits per heavy atom. The number of hydrogen-bond acceptors (Lipinski definition) is 3. The minimum absolute atomic E-state index is 0.121. The molecule has 0 saturated heterocycles. The Kier molecular flexibility index (Phi) is 7.22. The average Bonchev–Trinajstić information content (AvgIpc) is 2.52. The molecule has 0 spiro atoms. The number of rotatable bonds is 8. The van der Waals surface area contributed by atoms with Gasteiger partial charge in [0.05, 0.1) is 7.11 Å². The highest BCUT2D eigenvalue weighted by Crippen LogP contribution is 2.11. The fourth-order valence-corrected chi connectivity index (χ4v) is 1.99. The molecule has 3 N–H and O–H groups in total. The van der Waals surface area contributed by atoms with Crippen molar-refractivity contribution in [2.75, 3.05) is 13.7 Å². The Labute approximate surface area is 130 Å². The maximum atomic E-state index is 11.8. The van der Waals surface area contributed by atoms with Gasteiger partial charge in [0.1, 0.15) is 11.8 Å². The van der Waals surface area contributed by atoms with Gasteiger partial charge in [0.2, 0.25) is 0 Å². The Morgan fingerprint density at radius 1 is 1.27 bits per heavy atom. The number of carboxylic acids is 1. The lowest BCUT2D eigenvalue weighted by atomic mass is 9.99. The van der Waals surface area contributed by atoms with Gasteiger partial charge in [-0.05, 0) is 30.0 Å². The van der Waals surface area contributed by atoms with E-state index in [4.69, 9.17) is 9.84 Å². The Bertz CT molecular complexity index is 487. The molecule has 0 fully saturated rings. The van der Waals surface area contributed by atoms with Crippen molar-refractivity contribution in [1.82, 2.24) is 10.6 Å². The van der Waals surface area contributed by atoms with Gasteiger partial charge in [-0.3, -0.25) is 0 Å². The molecular formula is C16H24N2O4. The van der Waals surface area contributed by atoms with Crippen LogP contribution >= 0.6 is 0 Å². The fraction of sp³-hybridized carbons (Fsp3) is 0.500. The van der Waals surface area contributed by atoms with E-state index >= 15 is 0 Å². The number of methoxy groups -OCH3 is 1. The summed E-state index contributed by atoms with van der Waals surface area (Å²) in [5, 5.41) is 14.3. The number of amides is 2. The number of urea groups is 1. The van der Waals surface area contributed by atoms with E-state index in [0.29, 0.717) is 19.4 Å². The van der Waals surface area contributed by atoms with E-state index in [0.717, 1.165) is 11.3 Å². The zero-order valence-electron chi connectivity index (χ0n) is 13.3. The van der Waals surface area contributed by atoms with E-state index in [-0.39, 0.29) is 5.92 Å². The number of carbonyl (C=O) groups is 2. The summed E-state index contributed by atoms with van der Waals surface area (Å²) >= 11 is 0. The molecule has 0 bridgehead atoms. The predicted octanol–water partition coefficient (Wildman–Crippen LogP) is 2.04. The Balaban J connectivity index is 2.39. The van der Waals surface area contributed by atoms with Gasteiger partial charge in [-0.2, -0.15) is 0 Å². The van der Waals surface area contributed by atoms with Crippen LogP contribution in [0.3, 0.4) is 0 Å². The third-order valence-electron chi connectivity index (χ3n) is 3.62. The molecule has 0 aliphatic heterocycles. The van der Waals surface area contributed by atoms with Crippen molar-refractivity contribution < 1.29 is 19.4 Å². The van der Waals surface area contributed by atoms with Gasteiger partial charge in [-0.25, -0.2) is 9.59 Å². The molecule has 0 saturated carbocycles. The Morgan fingerprint density at radius 3 is 2.41 bits per heavy atom. The molecule has 1 unspecified atom stereocenters. The van der Waals surface area contributed by atoms with Crippen LogP contribution in [-0.2, 0) is 11.2 Å². The van der Waals surface area contributed by atoms with Crippen molar-refractivity contribution in [2.45, 2.75) is 32.7 Å². The SMILES string of the molecule is CCC(C)[C@H](NC(=O)NCCc1ccc(OC)cc1)C(=O)O. The molecule has 1 aromatic carbocycles. The van der Waals surface area contributed by atoms with Crippen LogP contribution in [0.4, 0.5) is 4.79 Å². The van der Waals surface area contributed by atoms with Crippen LogP contribution in [0, 0.1) is 5.92 Å². The summed E-state index contributed by atoms with van der Waals surface area (Å²) in [6.07, 6.45) is 1.35.